The highest BCUT2D eigenvalue weighted by Gasteiger charge is 2.27. The molecule has 0 aliphatic carbocycles. The van der Waals surface area contributed by atoms with Gasteiger partial charge in [-0.3, -0.25) is 9.98 Å². The van der Waals surface area contributed by atoms with Crippen LogP contribution in [0.3, 0.4) is 0 Å². The van der Waals surface area contributed by atoms with E-state index in [9.17, 15) is 0 Å². The van der Waals surface area contributed by atoms with Crippen molar-refractivity contribution in [1.29, 1.82) is 0 Å². The van der Waals surface area contributed by atoms with Crippen molar-refractivity contribution < 1.29 is 0 Å². The van der Waals surface area contributed by atoms with Crippen LogP contribution in [0.5, 0.6) is 0 Å². The van der Waals surface area contributed by atoms with E-state index in [1.54, 1.807) is 6.20 Å². The van der Waals surface area contributed by atoms with Gasteiger partial charge in [0.1, 0.15) is 5.84 Å². The Labute approximate surface area is 136 Å². The van der Waals surface area contributed by atoms with E-state index < -0.39 is 8.07 Å². The van der Waals surface area contributed by atoms with E-state index in [4.69, 9.17) is 5.73 Å². The molecule has 21 heavy (non-hydrogen) atoms. The van der Waals surface area contributed by atoms with Crippen molar-refractivity contribution in [2.75, 3.05) is 0 Å². The Morgan fingerprint density at radius 2 is 2.10 bits per heavy atom. The van der Waals surface area contributed by atoms with Crippen LogP contribution in [-0.2, 0) is 6.42 Å². The largest absolute Gasteiger partial charge is 0.383 e. The molecule has 0 saturated heterocycles. The maximum absolute atomic E-state index is 6.19. The Morgan fingerprint density at radius 3 is 2.71 bits per heavy atom. The third kappa shape index (κ3) is 3.20. The number of hydrogen-bond acceptors (Lipinski definition) is 4. The Bertz CT molecular complexity index is 661. The summed E-state index contributed by atoms with van der Waals surface area (Å²) in [5.74, 6) is 0.689. The molecule has 0 spiro atoms. The molecule has 112 valence electrons. The standard InChI is InChI=1S/C15H19N3SSi.ClH/c1-20(2,3)13-8-11-7-12(10-5-4-6-17-9-10)18-15(16)14(11)19-13;/h4-6,8-9,12H,7H2,1-3H3,(H2,16,18);1H. The van der Waals surface area contributed by atoms with Crippen LogP contribution in [0.1, 0.15) is 22.0 Å². The zero-order valence-electron chi connectivity index (χ0n) is 12.5. The van der Waals surface area contributed by atoms with Gasteiger partial charge in [0.2, 0.25) is 0 Å². The van der Waals surface area contributed by atoms with Gasteiger partial charge in [-0.05, 0) is 27.8 Å². The minimum Gasteiger partial charge on any atom is -0.383 e. The lowest BCUT2D eigenvalue weighted by Gasteiger charge is -2.18. The topological polar surface area (TPSA) is 51.3 Å². The lowest BCUT2D eigenvalue weighted by molar-refractivity contribution is 0.710. The average Bonchev–Trinajstić information content (AvgIpc) is 2.84. The highest BCUT2D eigenvalue weighted by atomic mass is 35.5. The van der Waals surface area contributed by atoms with E-state index in [0.29, 0.717) is 5.84 Å². The molecule has 0 bridgehead atoms. The summed E-state index contributed by atoms with van der Waals surface area (Å²) in [6, 6.07) is 6.50. The van der Waals surface area contributed by atoms with Gasteiger partial charge in [0.05, 0.1) is 19.0 Å². The molecule has 0 saturated carbocycles. The second-order valence-corrected chi connectivity index (χ2v) is 12.7. The smallest absolute Gasteiger partial charge is 0.136 e. The van der Waals surface area contributed by atoms with Gasteiger partial charge in [0, 0.05) is 18.8 Å². The summed E-state index contributed by atoms with van der Waals surface area (Å²) in [4.78, 5) is 10.0. The second kappa shape index (κ2) is 5.91. The molecule has 0 radical (unpaired) electrons. The maximum Gasteiger partial charge on any atom is 0.136 e. The molecule has 2 aromatic heterocycles. The van der Waals surface area contributed by atoms with Crippen LogP contribution in [-0.4, -0.2) is 18.9 Å². The van der Waals surface area contributed by atoms with Gasteiger partial charge in [-0.1, -0.05) is 25.7 Å². The number of aromatic nitrogens is 1. The molecule has 3 nitrogen and oxygen atoms in total. The van der Waals surface area contributed by atoms with Crippen LogP contribution in [0.15, 0.2) is 35.6 Å². The van der Waals surface area contributed by atoms with E-state index in [2.05, 4.69) is 41.8 Å². The van der Waals surface area contributed by atoms with Crippen LogP contribution in [0.25, 0.3) is 0 Å². The van der Waals surface area contributed by atoms with Crippen LogP contribution < -0.4 is 10.2 Å². The first kappa shape index (κ1) is 16.2. The minimum absolute atomic E-state index is 0. The van der Waals surface area contributed by atoms with E-state index in [-0.39, 0.29) is 18.4 Å². The first-order valence-corrected chi connectivity index (χ1v) is 11.1. The number of amidine groups is 1. The number of nitrogens with zero attached hydrogens (tertiary/aromatic N) is 2. The second-order valence-electron chi connectivity index (χ2n) is 6.24. The van der Waals surface area contributed by atoms with E-state index in [0.717, 1.165) is 12.0 Å². The summed E-state index contributed by atoms with van der Waals surface area (Å²) in [6.45, 7) is 7.11. The molecule has 2 N–H and O–H groups in total. The van der Waals surface area contributed by atoms with Gasteiger partial charge in [0.25, 0.3) is 0 Å². The number of fused-ring (bicyclic) bond motifs is 1. The molecule has 3 rings (SSSR count). The van der Waals surface area contributed by atoms with Gasteiger partial charge in [-0.15, -0.1) is 23.7 Å². The molecule has 0 fully saturated rings. The lowest BCUT2D eigenvalue weighted by atomic mass is 9.98. The third-order valence-corrected chi connectivity index (χ3v) is 8.34. The molecule has 2 aromatic rings. The highest BCUT2D eigenvalue weighted by molar-refractivity contribution is 7.27. The number of pyridine rings is 1. The summed E-state index contributed by atoms with van der Waals surface area (Å²) in [5, 5.41) is 0. The lowest BCUT2D eigenvalue weighted by Crippen LogP contribution is -2.34. The van der Waals surface area contributed by atoms with Crippen LogP contribution in [0.2, 0.25) is 19.6 Å². The van der Waals surface area contributed by atoms with Crippen LogP contribution in [0.4, 0.5) is 0 Å². The van der Waals surface area contributed by atoms with Gasteiger partial charge in [-0.2, -0.15) is 0 Å². The molecule has 1 atom stereocenters. The Balaban J connectivity index is 0.00000161. The highest BCUT2D eigenvalue weighted by Crippen LogP contribution is 2.31. The first-order chi connectivity index (χ1) is 9.45. The van der Waals surface area contributed by atoms with Crippen molar-refractivity contribution in [2.45, 2.75) is 32.1 Å². The Kier molecular flexibility index (Phi) is 4.56. The number of rotatable bonds is 2. The Morgan fingerprint density at radius 1 is 1.33 bits per heavy atom. The van der Waals surface area contributed by atoms with Gasteiger partial charge in [0.15, 0.2) is 0 Å². The molecule has 1 unspecified atom stereocenters. The predicted octanol–water partition coefficient (Wildman–Crippen LogP) is 3.11. The van der Waals surface area contributed by atoms with Crippen molar-refractivity contribution in [2.24, 2.45) is 10.7 Å². The average molecular weight is 338 g/mol. The van der Waals surface area contributed by atoms with E-state index in [1.165, 1.54) is 14.9 Å². The number of thiophene rings is 1. The van der Waals surface area contributed by atoms with Gasteiger partial charge < -0.3 is 5.73 Å². The third-order valence-electron chi connectivity index (χ3n) is 3.56. The first-order valence-electron chi connectivity index (χ1n) is 6.82. The van der Waals surface area contributed by atoms with E-state index in [1.807, 2.05) is 23.6 Å². The SMILES string of the molecule is C[Si](C)(C)c1cc2c(s1)C(N)=NC(c1cccnc1)C2.Cl. The normalized spacial score (nSPS) is 17.7. The van der Waals surface area contributed by atoms with Crippen molar-refractivity contribution in [3.8, 4) is 0 Å². The van der Waals surface area contributed by atoms with Crippen LogP contribution >= 0.6 is 23.7 Å². The predicted molar refractivity (Wildman–Crippen MR) is 96.0 cm³/mol. The summed E-state index contributed by atoms with van der Waals surface area (Å²) in [5.41, 5.74) is 8.68. The zero-order valence-corrected chi connectivity index (χ0v) is 15.1. The molecule has 1 aliphatic heterocycles. The summed E-state index contributed by atoms with van der Waals surface area (Å²) in [7, 11) is -1.28. The summed E-state index contributed by atoms with van der Waals surface area (Å²) >= 11 is 1.84. The molecule has 3 heterocycles. The minimum atomic E-state index is -1.28. The molecular formula is C15H20ClN3SSi. The number of nitrogens with two attached hydrogens (primary N) is 1. The van der Waals surface area contributed by atoms with Crippen molar-refractivity contribution in [3.05, 3.63) is 46.6 Å². The fourth-order valence-corrected chi connectivity index (χ4v) is 5.40. The van der Waals surface area contributed by atoms with Crippen molar-refractivity contribution >= 4 is 42.2 Å². The zero-order chi connectivity index (χ0) is 14.3. The van der Waals surface area contributed by atoms with Crippen molar-refractivity contribution in [3.63, 3.8) is 0 Å². The fraction of sp³-hybridized carbons (Fsp3) is 0.333. The van der Waals surface area contributed by atoms with Crippen molar-refractivity contribution in [1.82, 2.24) is 4.98 Å². The van der Waals surface area contributed by atoms with Gasteiger partial charge >= 0.3 is 0 Å². The molecule has 6 heteroatoms. The Hall–Kier alpha value is -1.17. The molecule has 0 aromatic carbocycles. The van der Waals surface area contributed by atoms with Gasteiger partial charge in [-0.25, -0.2) is 0 Å². The monoisotopic (exact) mass is 337 g/mol. The molecule has 0 amide bonds. The quantitative estimate of drug-likeness (QED) is 0.856. The fourth-order valence-electron chi connectivity index (χ4n) is 2.41. The summed E-state index contributed by atoms with van der Waals surface area (Å²) in [6.07, 6.45) is 4.61. The number of aliphatic imine (C=N–C) groups is 1. The number of halogens is 1. The summed E-state index contributed by atoms with van der Waals surface area (Å²) < 4.78 is 1.51. The van der Waals surface area contributed by atoms with Crippen LogP contribution in [0, 0.1) is 0 Å². The number of hydrogen-bond donors (Lipinski definition) is 1. The van der Waals surface area contributed by atoms with E-state index >= 15 is 0 Å². The molecule has 1 aliphatic rings. The molecular weight excluding hydrogens is 318 g/mol. The maximum atomic E-state index is 6.19.